The van der Waals surface area contributed by atoms with Gasteiger partial charge in [-0.05, 0) is 24.4 Å². The molecule has 0 unspecified atom stereocenters. The van der Waals surface area contributed by atoms with E-state index in [0.29, 0.717) is 18.8 Å². The van der Waals surface area contributed by atoms with Crippen molar-refractivity contribution in [1.82, 2.24) is 4.98 Å². The predicted molar refractivity (Wildman–Crippen MR) is 74.7 cm³/mol. The first-order valence-electron chi connectivity index (χ1n) is 6.02. The Balaban J connectivity index is 2.33. The van der Waals surface area contributed by atoms with E-state index in [4.69, 9.17) is 5.73 Å². The Bertz CT molecular complexity index is 567. The summed E-state index contributed by atoms with van der Waals surface area (Å²) in [6.07, 6.45) is -3.40. The van der Waals surface area contributed by atoms with Crippen molar-refractivity contribution in [3.8, 4) is 0 Å². The first kappa shape index (κ1) is 14.6. The highest BCUT2D eigenvalue weighted by Crippen LogP contribution is 2.33. The molecule has 3 nitrogen and oxygen atoms in total. The number of rotatable bonds is 4. The van der Waals surface area contributed by atoms with Crippen LogP contribution in [0.2, 0.25) is 0 Å². The normalized spacial score (nSPS) is 11.6. The van der Waals surface area contributed by atoms with Crippen LogP contribution in [0.4, 0.5) is 24.5 Å². The fraction of sp³-hybridized carbons (Fsp3) is 0.308. The van der Waals surface area contributed by atoms with Gasteiger partial charge < -0.3 is 10.6 Å². The van der Waals surface area contributed by atoms with Crippen LogP contribution in [-0.2, 0) is 12.7 Å². The Labute approximate surface area is 118 Å². The minimum absolute atomic E-state index is 0.247. The summed E-state index contributed by atoms with van der Waals surface area (Å²) in [6.45, 7) is 2.96. The molecule has 2 heterocycles. The molecule has 0 atom stereocenters. The summed E-state index contributed by atoms with van der Waals surface area (Å²) in [5.74, 6) is 0. The molecule has 0 amide bonds. The smallest absolute Gasteiger partial charge is 0.396 e. The molecule has 2 rings (SSSR count). The van der Waals surface area contributed by atoms with Gasteiger partial charge >= 0.3 is 6.18 Å². The molecule has 0 aliphatic heterocycles. The fourth-order valence-electron chi connectivity index (χ4n) is 1.84. The third-order valence-electron chi connectivity index (χ3n) is 2.85. The van der Waals surface area contributed by atoms with Crippen molar-refractivity contribution in [1.29, 1.82) is 0 Å². The van der Waals surface area contributed by atoms with E-state index >= 15 is 0 Å². The molecule has 0 aromatic carbocycles. The molecular weight excluding hydrogens is 287 g/mol. The summed E-state index contributed by atoms with van der Waals surface area (Å²) < 4.78 is 38.2. The molecule has 0 fully saturated rings. The average Bonchev–Trinajstić information content (AvgIpc) is 2.88. The quantitative estimate of drug-likeness (QED) is 0.934. The van der Waals surface area contributed by atoms with Crippen LogP contribution < -0.4 is 10.6 Å². The second-order valence-electron chi connectivity index (χ2n) is 4.22. The summed E-state index contributed by atoms with van der Waals surface area (Å²) in [5.41, 5.74) is 5.46. The highest BCUT2D eigenvalue weighted by atomic mass is 32.1. The number of nitrogens with zero attached hydrogens (tertiary/aromatic N) is 2. The monoisotopic (exact) mass is 301 g/mol. The van der Waals surface area contributed by atoms with Crippen molar-refractivity contribution < 1.29 is 13.2 Å². The third-order valence-corrected chi connectivity index (χ3v) is 3.71. The van der Waals surface area contributed by atoms with Gasteiger partial charge in [-0.3, -0.25) is 0 Å². The zero-order valence-corrected chi connectivity index (χ0v) is 11.6. The van der Waals surface area contributed by atoms with E-state index in [1.165, 1.54) is 0 Å². The molecule has 108 valence electrons. The Kier molecular flexibility index (Phi) is 4.17. The van der Waals surface area contributed by atoms with Gasteiger partial charge in [0, 0.05) is 11.4 Å². The number of nitrogen functional groups attached to an aromatic ring is 1. The number of nitrogens with two attached hydrogens (primary N) is 1. The minimum atomic E-state index is -4.47. The van der Waals surface area contributed by atoms with E-state index in [-0.39, 0.29) is 5.69 Å². The molecular formula is C13H14F3N3S. The number of alkyl halides is 3. The van der Waals surface area contributed by atoms with Crippen LogP contribution in [0, 0.1) is 0 Å². The van der Waals surface area contributed by atoms with Crippen LogP contribution in [0.1, 0.15) is 17.5 Å². The molecule has 2 N–H and O–H groups in total. The lowest BCUT2D eigenvalue weighted by molar-refractivity contribution is -0.141. The Morgan fingerprint density at radius 3 is 2.70 bits per heavy atom. The van der Waals surface area contributed by atoms with Gasteiger partial charge in [-0.15, -0.1) is 11.3 Å². The van der Waals surface area contributed by atoms with E-state index in [2.05, 4.69) is 4.98 Å². The van der Waals surface area contributed by atoms with Crippen molar-refractivity contribution in [2.75, 3.05) is 17.2 Å². The Morgan fingerprint density at radius 1 is 1.40 bits per heavy atom. The number of anilines is 2. The van der Waals surface area contributed by atoms with Crippen LogP contribution in [0.5, 0.6) is 0 Å². The molecule has 0 aliphatic carbocycles. The maximum absolute atomic E-state index is 12.7. The molecule has 0 spiro atoms. The number of pyridine rings is 1. The molecule has 0 radical (unpaired) electrons. The molecule has 0 bridgehead atoms. The van der Waals surface area contributed by atoms with Gasteiger partial charge in [0.05, 0.1) is 24.1 Å². The summed E-state index contributed by atoms with van der Waals surface area (Å²) in [7, 11) is 0. The van der Waals surface area contributed by atoms with E-state index in [1.807, 2.05) is 24.4 Å². The van der Waals surface area contributed by atoms with Crippen molar-refractivity contribution in [2.24, 2.45) is 0 Å². The van der Waals surface area contributed by atoms with E-state index in [0.717, 1.165) is 17.1 Å². The second-order valence-corrected chi connectivity index (χ2v) is 5.25. The van der Waals surface area contributed by atoms with Crippen LogP contribution in [0.25, 0.3) is 0 Å². The van der Waals surface area contributed by atoms with E-state index in [9.17, 15) is 13.2 Å². The van der Waals surface area contributed by atoms with Crippen molar-refractivity contribution in [2.45, 2.75) is 19.6 Å². The number of thiophene rings is 1. The molecule has 20 heavy (non-hydrogen) atoms. The Hall–Kier alpha value is -1.76. The maximum atomic E-state index is 12.7. The van der Waals surface area contributed by atoms with Crippen LogP contribution in [0.15, 0.2) is 29.8 Å². The average molecular weight is 301 g/mol. The molecule has 2 aromatic heterocycles. The predicted octanol–water partition coefficient (Wildman–Crippen LogP) is 3.77. The number of hydrogen-bond acceptors (Lipinski definition) is 4. The molecule has 0 saturated heterocycles. The summed E-state index contributed by atoms with van der Waals surface area (Å²) in [4.78, 5) is 6.22. The number of aromatic nitrogens is 1. The van der Waals surface area contributed by atoms with Gasteiger partial charge in [0.15, 0.2) is 0 Å². The second kappa shape index (κ2) is 5.70. The Morgan fingerprint density at radius 2 is 2.15 bits per heavy atom. The van der Waals surface area contributed by atoms with Gasteiger partial charge in [0.1, 0.15) is 5.69 Å². The highest BCUT2D eigenvalue weighted by Gasteiger charge is 2.33. The topological polar surface area (TPSA) is 42.2 Å². The highest BCUT2D eigenvalue weighted by molar-refractivity contribution is 7.09. The van der Waals surface area contributed by atoms with E-state index in [1.54, 1.807) is 16.2 Å². The van der Waals surface area contributed by atoms with Gasteiger partial charge in [-0.2, -0.15) is 13.2 Å². The van der Waals surface area contributed by atoms with Crippen molar-refractivity contribution in [3.63, 3.8) is 0 Å². The van der Waals surface area contributed by atoms with Gasteiger partial charge in [0.2, 0.25) is 0 Å². The van der Waals surface area contributed by atoms with Gasteiger partial charge in [0.25, 0.3) is 0 Å². The lowest BCUT2D eigenvalue weighted by Crippen LogP contribution is -2.23. The number of halogens is 3. The fourth-order valence-corrected chi connectivity index (χ4v) is 2.56. The van der Waals surface area contributed by atoms with Crippen LogP contribution in [0.3, 0.4) is 0 Å². The van der Waals surface area contributed by atoms with Crippen molar-refractivity contribution >= 4 is 22.7 Å². The minimum Gasteiger partial charge on any atom is -0.396 e. The zero-order valence-electron chi connectivity index (χ0n) is 10.8. The SMILES string of the molecule is CCN(Cc1cccs1)c1cc(C(F)(F)F)ncc1N. The largest absolute Gasteiger partial charge is 0.433 e. The zero-order chi connectivity index (χ0) is 14.8. The molecule has 7 heteroatoms. The summed E-state index contributed by atoms with van der Waals surface area (Å²) in [5, 5.41) is 1.93. The first-order valence-corrected chi connectivity index (χ1v) is 6.89. The molecule has 0 saturated carbocycles. The van der Waals surface area contributed by atoms with Crippen LogP contribution >= 0.6 is 11.3 Å². The van der Waals surface area contributed by atoms with Crippen molar-refractivity contribution in [3.05, 3.63) is 40.3 Å². The first-order chi connectivity index (χ1) is 9.41. The van der Waals surface area contributed by atoms with Crippen LogP contribution in [-0.4, -0.2) is 11.5 Å². The molecule has 0 aliphatic rings. The lowest BCUT2D eigenvalue weighted by Gasteiger charge is -2.24. The summed E-state index contributed by atoms with van der Waals surface area (Å²) >= 11 is 1.56. The lowest BCUT2D eigenvalue weighted by atomic mass is 10.2. The standard InChI is InChI=1S/C13H14F3N3S/c1-2-19(8-9-4-3-5-20-9)11-6-12(13(14,15)16)18-7-10(11)17/h3-7H,2,8,17H2,1H3. The van der Waals surface area contributed by atoms with E-state index < -0.39 is 11.9 Å². The number of hydrogen-bond donors (Lipinski definition) is 1. The third kappa shape index (κ3) is 3.22. The molecule has 2 aromatic rings. The van der Waals surface area contributed by atoms with Gasteiger partial charge in [-0.1, -0.05) is 6.07 Å². The van der Waals surface area contributed by atoms with Gasteiger partial charge in [-0.25, -0.2) is 4.98 Å². The maximum Gasteiger partial charge on any atom is 0.433 e. The summed E-state index contributed by atoms with van der Waals surface area (Å²) in [6, 6.07) is 4.85.